The fourth-order valence-corrected chi connectivity index (χ4v) is 2.78. The highest BCUT2D eigenvalue weighted by Crippen LogP contribution is 2.14. The second-order valence-corrected chi connectivity index (χ2v) is 6.76. The van der Waals surface area contributed by atoms with Crippen LogP contribution in [0.25, 0.3) is 0 Å². The van der Waals surface area contributed by atoms with Crippen LogP contribution in [0.2, 0.25) is 0 Å². The zero-order chi connectivity index (χ0) is 18.3. The van der Waals surface area contributed by atoms with Gasteiger partial charge in [-0.1, -0.05) is 6.92 Å². The summed E-state index contributed by atoms with van der Waals surface area (Å²) >= 11 is 0. The maximum absolute atomic E-state index is 4.49. The molecule has 0 aliphatic rings. The Morgan fingerprint density at radius 3 is 2.50 bits per heavy atom. The monoisotopic (exact) mass is 336 g/mol. The molecule has 1 aromatic rings. The summed E-state index contributed by atoms with van der Waals surface area (Å²) in [7, 11) is 5.99. The number of rotatable bonds is 8. The number of guanidine groups is 1. The first kappa shape index (κ1) is 20.5. The van der Waals surface area contributed by atoms with Crippen molar-refractivity contribution in [3.63, 3.8) is 0 Å². The van der Waals surface area contributed by atoms with Crippen molar-refractivity contribution in [2.45, 2.75) is 59.5 Å². The maximum Gasteiger partial charge on any atom is 0.191 e. The van der Waals surface area contributed by atoms with Crippen LogP contribution in [-0.2, 0) is 13.5 Å². The van der Waals surface area contributed by atoms with E-state index in [9.17, 15) is 0 Å². The van der Waals surface area contributed by atoms with Gasteiger partial charge in [0.25, 0.3) is 0 Å². The van der Waals surface area contributed by atoms with Crippen molar-refractivity contribution in [2.75, 3.05) is 27.2 Å². The van der Waals surface area contributed by atoms with Crippen LogP contribution in [0.3, 0.4) is 0 Å². The quantitative estimate of drug-likeness (QED) is 0.562. The summed E-state index contributed by atoms with van der Waals surface area (Å²) in [6.45, 7) is 12.8. The van der Waals surface area contributed by atoms with Crippen molar-refractivity contribution < 1.29 is 0 Å². The number of nitrogens with zero attached hydrogens (tertiary/aromatic N) is 4. The van der Waals surface area contributed by atoms with Gasteiger partial charge < -0.3 is 15.5 Å². The Hall–Kier alpha value is -1.56. The molecule has 6 nitrogen and oxygen atoms in total. The Bertz CT molecular complexity index is 534. The van der Waals surface area contributed by atoms with Crippen molar-refractivity contribution in [1.29, 1.82) is 0 Å². The predicted molar refractivity (Wildman–Crippen MR) is 103 cm³/mol. The molecule has 1 rings (SSSR count). The normalized spacial score (nSPS) is 14.8. The van der Waals surface area contributed by atoms with Crippen LogP contribution in [0.4, 0.5) is 0 Å². The van der Waals surface area contributed by atoms with Crippen molar-refractivity contribution in [2.24, 2.45) is 12.0 Å². The van der Waals surface area contributed by atoms with E-state index in [0.29, 0.717) is 12.1 Å². The number of aryl methyl sites for hydroxylation is 2. The molecule has 138 valence electrons. The summed E-state index contributed by atoms with van der Waals surface area (Å²) in [4.78, 5) is 6.70. The molecule has 0 aliphatic heterocycles. The van der Waals surface area contributed by atoms with E-state index >= 15 is 0 Å². The van der Waals surface area contributed by atoms with E-state index in [1.54, 1.807) is 0 Å². The summed E-state index contributed by atoms with van der Waals surface area (Å²) in [5, 5.41) is 11.4. The fraction of sp³-hybridized carbons (Fsp3) is 0.778. The van der Waals surface area contributed by atoms with Gasteiger partial charge in [-0.25, -0.2) is 0 Å². The molecule has 2 N–H and O–H groups in total. The Morgan fingerprint density at radius 1 is 1.33 bits per heavy atom. The van der Waals surface area contributed by atoms with E-state index in [0.717, 1.165) is 31.2 Å². The van der Waals surface area contributed by atoms with Crippen LogP contribution >= 0.6 is 0 Å². The third-order valence-electron chi connectivity index (χ3n) is 4.88. The third kappa shape index (κ3) is 5.82. The minimum Gasteiger partial charge on any atom is -0.355 e. The van der Waals surface area contributed by atoms with Gasteiger partial charge in [-0.2, -0.15) is 5.10 Å². The van der Waals surface area contributed by atoms with E-state index in [-0.39, 0.29) is 0 Å². The average Bonchev–Trinajstić information content (AvgIpc) is 2.79. The lowest BCUT2D eigenvalue weighted by Crippen LogP contribution is -2.46. The zero-order valence-electron chi connectivity index (χ0n) is 16.8. The summed E-state index contributed by atoms with van der Waals surface area (Å²) in [6.07, 6.45) is 2.11. The highest BCUT2D eigenvalue weighted by Gasteiger charge is 2.14. The zero-order valence-corrected chi connectivity index (χ0v) is 16.8. The molecule has 0 fully saturated rings. The first-order chi connectivity index (χ1) is 11.3. The van der Waals surface area contributed by atoms with E-state index in [1.165, 1.54) is 17.7 Å². The van der Waals surface area contributed by atoms with Gasteiger partial charge in [0.15, 0.2) is 5.96 Å². The second-order valence-electron chi connectivity index (χ2n) is 6.76. The largest absolute Gasteiger partial charge is 0.355 e. The van der Waals surface area contributed by atoms with Gasteiger partial charge in [0.05, 0.1) is 5.69 Å². The lowest BCUT2D eigenvalue weighted by Gasteiger charge is -2.24. The van der Waals surface area contributed by atoms with Crippen LogP contribution < -0.4 is 10.6 Å². The van der Waals surface area contributed by atoms with Crippen molar-refractivity contribution in [3.05, 3.63) is 17.0 Å². The molecular formula is C18H36N6. The van der Waals surface area contributed by atoms with E-state index < -0.39 is 0 Å². The Balaban J connectivity index is 2.47. The number of hydrogen-bond acceptors (Lipinski definition) is 3. The molecule has 0 bridgehead atoms. The number of aromatic nitrogens is 2. The summed E-state index contributed by atoms with van der Waals surface area (Å²) in [6, 6.07) is 0.905. The highest BCUT2D eigenvalue weighted by atomic mass is 15.3. The van der Waals surface area contributed by atoms with Crippen molar-refractivity contribution in [1.82, 2.24) is 25.3 Å². The van der Waals surface area contributed by atoms with Crippen LogP contribution in [0.1, 0.15) is 44.1 Å². The van der Waals surface area contributed by atoms with Gasteiger partial charge in [0.2, 0.25) is 0 Å². The Labute approximate surface area is 147 Å². The van der Waals surface area contributed by atoms with E-state index in [4.69, 9.17) is 0 Å². The van der Waals surface area contributed by atoms with Crippen LogP contribution in [0.5, 0.6) is 0 Å². The van der Waals surface area contributed by atoms with Crippen molar-refractivity contribution in [3.8, 4) is 0 Å². The number of nitrogens with one attached hydrogen (secondary N) is 2. The number of aliphatic imine (C=N–C) groups is 1. The average molecular weight is 337 g/mol. The lowest BCUT2D eigenvalue weighted by atomic mass is 10.1. The molecule has 0 saturated heterocycles. The minimum absolute atomic E-state index is 0.296. The fourth-order valence-electron chi connectivity index (χ4n) is 2.78. The molecule has 24 heavy (non-hydrogen) atoms. The van der Waals surface area contributed by atoms with E-state index in [1.807, 2.05) is 18.8 Å². The smallest absolute Gasteiger partial charge is 0.191 e. The van der Waals surface area contributed by atoms with Gasteiger partial charge in [-0.3, -0.25) is 9.67 Å². The van der Waals surface area contributed by atoms with Gasteiger partial charge in [0, 0.05) is 45.0 Å². The molecule has 0 aromatic carbocycles. The molecule has 2 atom stereocenters. The molecule has 2 unspecified atom stereocenters. The molecule has 6 heteroatoms. The molecule has 0 spiro atoms. The minimum atomic E-state index is 0.296. The topological polar surface area (TPSA) is 57.5 Å². The Morgan fingerprint density at radius 2 is 2.00 bits per heavy atom. The van der Waals surface area contributed by atoms with Crippen LogP contribution in [0.15, 0.2) is 4.99 Å². The number of likely N-dealkylation sites (N-methyl/N-ethyl adjacent to an activating group) is 1. The summed E-state index contributed by atoms with van der Waals surface area (Å²) in [5.74, 6) is 0.860. The molecule has 0 saturated carbocycles. The second kappa shape index (κ2) is 9.67. The van der Waals surface area contributed by atoms with Gasteiger partial charge in [-0.15, -0.1) is 0 Å². The standard InChI is InChI=1S/C18H36N6/c1-9-14(3)23(7)11-10-20-18(19-6)21-13(2)12-17-15(4)22-24(8)16(17)5/h13-14H,9-12H2,1-8H3,(H2,19,20,21). The van der Waals surface area contributed by atoms with Gasteiger partial charge in [0.1, 0.15) is 0 Å². The molecule has 0 radical (unpaired) electrons. The first-order valence-electron chi connectivity index (χ1n) is 8.96. The number of hydrogen-bond donors (Lipinski definition) is 2. The van der Waals surface area contributed by atoms with Crippen LogP contribution in [-0.4, -0.2) is 59.9 Å². The van der Waals surface area contributed by atoms with E-state index in [2.05, 4.69) is 67.3 Å². The molecule has 0 amide bonds. The summed E-state index contributed by atoms with van der Waals surface area (Å²) < 4.78 is 1.95. The molecule has 0 aliphatic carbocycles. The van der Waals surface area contributed by atoms with Crippen molar-refractivity contribution >= 4 is 5.96 Å². The third-order valence-corrected chi connectivity index (χ3v) is 4.88. The maximum atomic E-state index is 4.49. The first-order valence-corrected chi connectivity index (χ1v) is 8.96. The van der Waals surface area contributed by atoms with Crippen LogP contribution in [0, 0.1) is 13.8 Å². The highest BCUT2D eigenvalue weighted by molar-refractivity contribution is 5.79. The SMILES string of the molecule is CCC(C)N(C)CCNC(=NC)NC(C)Cc1c(C)nn(C)c1C. The lowest BCUT2D eigenvalue weighted by molar-refractivity contribution is 0.255. The molecule has 1 aromatic heterocycles. The Kier molecular flexibility index (Phi) is 8.25. The van der Waals surface area contributed by atoms with Gasteiger partial charge in [-0.05, 0) is 53.1 Å². The molecule has 1 heterocycles. The molecular weight excluding hydrogens is 300 g/mol. The predicted octanol–water partition coefficient (Wildman–Crippen LogP) is 1.86. The van der Waals surface area contributed by atoms with Gasteiger partial charge >= 0.3 is 0 Å². The summed E-state index contributed by atoms with van der Waals surface area (Å²) in [5.41, 5.74) is 3.67.